The summed E-state index contributed by atoms with van der Waals surface area (Å²) in [7, 11) is 0. The van der Waals surface area contributed by atoms with Crippen molar-refractivity contribution < 1.29 is 4.79 Å². The Labute approximate surface area is 142 Å². The summed E-state index contributed by atoms with van der Waals surface area (Å²) >= 11 is 0. The highest BCUT2D eigenvalue weighted by atomic mass is 16.2. The topological polar surface area (TPSA) is 36.1 Å². The maximum absolute atomic E-state index is 12.6. The van der Waals surface area contributed by atoms with Gasteiger partial charge in [-0.2, -0.15) is 0 Å². The minimum Gasteiger partial charge on any atom is -0.361 e. The number of carbonyl (C=O) groups excluding carboxylic acids is 1. The lowest BCUT2D eigenvalue weighted by Crippen LogP contribution is -2.37. The second-order valence-electron chi connectivity index (χ2n) is 6.71. The highest BCUT2D eigenvalue weighted by molar-refractivity contribution is 5.85. The molecule has 0 spiro atoms. The third-order valence-electron chi connectivity index (χ3n) is 4.99. The fraction of sp³-hybridized carbons (Fsp3) is 0.286. The number of H-pyrrole nitrogens is 1. The van der Waals surface area contributed by atoms with Crippen LogP contribution in [0.5, 0.6) is 0 Å². The first-order chi connectivity index (χ1) is 11.7. The maximum atomic E-state index is 12.6. The number of piperidine rings is 1. The number of benzene rings is 2. The summed E-state index contributed by atoms with van der Waals surface area (Å²) in [5.74, 6) is 0.261. The molecular formula is C21H22N2O. The number of hydrogen-bond donors (Lipinski definition) is 1. The van der Waals surface area contributed by atoms with Crippen molar-refractivity contribution in [2.45, 2.75) is 38.8 Å². The first-order valence-corrected chi connectivity index (χ1v) is 8.63. The number of amides is 1. The molecule has 0 unspecified atom stereocenters. The van der Waals surface area contributed by atoms with Crippen LogP contribution in [0.25, 0.3) is 10.9 Å². The van der Waals surface area contributed by atoms with Crippen molar-refractivity contribution in [3.8, 4) is 0 Å². The summed E-state index contributed by atoms with van der Waals surface area (Å²) in [6.45, 7) is 2.79. The van der Waals surface area contributed by atoms with Crippen LogP contribution in [0.2, 0.25) is 0 Å². The number of aromatic amines is 1. The molecule has 0 bridgehead atoms. The van der Waals surface area contributed by atoms with Gasteiger partial charge in [0.05, 0.1) is 6.04 Å². The van der Waals surface area contributed by atoms with Crippen LogP contribution in [0.15, 0.2) is 54.7 Å². The first kappa shape index (κ1) is 15.0. The van der Waals surface area contributed by atoms with E-state index in [1.807, 2.05) is 18.2 Å². The smallest absolute Gasteiger partial charge is 0.223 e. The number of aryl methyl sites for hydroxylation is 1. The molecule has 0 radical (unpaired) electrons. The Bertz CT molecular complexity index is 866. The van der Waals surface area contributed by atoms with Gasteiger partial charge in [0.25, 0.3) is 0 Å². The molecule has 122 valence electrons. The molecule has 1 N–H and O–H groups in total. The summed E-state index contributed by atoms with van der Waals surface area (Å²) in [6.07, 6.45) is 4.74. The Balaban J connectivity index is 1.71. The number of likely N-dealkylation sites (tertiary alicyclic amines) is 1. The molecule has 1 aromatic heterocycles. The number of rotatable bonds is 3. The predicted molar refractivity (Wildman–Crippen MR) is 96.6 cm³/mol. The number of nitrogens with zero attached hydrogens (tertiary/aromatic N) is 1. The van der Waals surface area contributed by atoms with E-state index in [-0.39, 0.29) is 11.9 Å². The van der Waals surface area contributed by atoms with Gasteiger partial charge in [0, 0.05) is 30.1 Å². The van der Waals surface area contributed by atoms with Gasteiger partial charge in [-0.05, 0) is 42.5 Å². The highest BCUT2D eigenvalue weighted by Gasteiger charge is 2.30. The van der Waals surface area contributed by atoms with E-state index in [4.69, 9.17) is 0 Å². The Morgan fingerprint density at radius 1 is 1.17 bits per heavy atom. The van der Waals surface area contributed by atoms with Crippen molar-refractivity contribution >= 4 is 16.8 Å². The van der Waals surface area contributed by atoms with Crippen LogP contribution >= 0.6 is 0 Å². The molecule has 1 fully saturated rings. The van der Waals surface area contributed by atoms with Crippen molar-refractivity contribution in [2.75, 3.05) is 0 Å². The first-order valence-electron chi connectivity index (χ1n) is 8.63. The fourth-order valence-corrected chi connectivity index (χ4v) is 3.76. The van der Waals surface area contributed by atoms with E-state index in [1.54, 1.807) is 0 Å². The van der Waals surface area contributed by atoms with Gasteiger partial charge in [-0.25, -0.2) is 0 Å². The van der Waals surface area contributed by atoms with E-state index in [0.29, 0.717) is 13.0 Å². The lowest BCUT2D eigenvalue weighted by atomic mass is 9.93. The van der Waals surface area contributed by atoms with E-state index in [2.05, 4.69) is 53.3 Å². The quantitative estimate of drug-likeness (QED) is 0.744. The minimum absolute atomic E-state index is 0.155. The SMILES string of the molecule is Cc1ccc2c([C@H]3CCCC(=O)N3Cc3ccccc3)c[nH]c2c1. The monoisotopic (exact) mass is 318 g/mol. The van der Waals surface area contributed by atoms with Crippen molar-refractivity contribution in [1.29, 1.82) is 0 Å². The molecule has 1 aliphatic heterocycles. The Morgan fingerprint density at radius 3 is 2.83 bits per heavy atom. The van der Waals surface area contributed by atoms with Gasteiger partial charge >= 0.3 is 0 Å². The number of carbonyl (C=O) groups is 1. The molecule has 3 nitrogen and oxygen atoms in total. The molecule has 0 aliphatic carbocycles. The molecule has 0 saturated carbocycles. The van der Waals surface area contributed by atoms with Crippen LogP contribution in [0.1, 0.15) is 42.0 Å². The van der Waals surface area contributed by atoms with Gasteiger partial charge in [0.15, 0.2) is 0 Å². The van der Waals surface area contributed by atoms with E-state index >= 15 is 0 Å². The fourth-order valence-electron chi connectivity index (χ4n) is 3.76. The Morgan fingerprint density at radius 2 is 2.00 bits per heavy atom. The third-order valence-corrected chi connectivity index (χ3v) is 4.99. The average Bonchev–Trinajstić information content (AvgIpc) is 3.00. The molecule has 1 amide bonds. The zero-order valence-corrected chi connectivity index (χ0v) is 14.0. The predicted octanol–water partition coefficient (Wildman–Crippen LogP) is 4.73. The molecule has 2 aromatic carbocycles. The van der Waals surface area contributed by atoms with Crippen molar-refractivity contribution in [3.63, 3.8) is 0 Å². The molecule has 1 atom stereocenters. The van der Waals surface area contributed by atoms with Crippen LogP contribution in [-0.4, -0.2) is 15.8 Å². The summed E-state index contributed by atoms with van der Waals surface area (Å²) in [6, 6.07) is 16.9. The second kappa shape index (κ2) is 6.16. The van der Waals surface area contributed by atoms with Crippen LogP contribution in [0, 0.1) is 6.92 Å². The summed E-state index contributed by atoms with van der Waals surface area (Å²) in [5.41, 5.74) is 4.84. The van der Waals surface area contributed by atoms with Gasteiger partial charge in [0.1, 0.15) is 0 Å². The van der Waals surface area contributed by atoms with Gasteiger partial charge in [-0.1, -0.05) is 42.5 Å². The standard InChI is InChI=1S/C21H22N2O/c1-15-10-11-17-18(13-22-19(17)12-15)20-8-5-9-21(24)23(20)14-16-6-3-2-4-7-16/h2-4,6-7,10-13,20,22H,5,8-9,14H2,1H3/t20-/m1/s1. The van der Waals surface area contributed by atoms with Crippen LogP contribution in [-0.2, 0) is 11.3 Å². The van der Waals surface area contributed by atoms with Crippen LogP contribution in [0.4, 0.5) is 0 Å². The van der Waals surface area contributed by atoms with Gasteiger partial charge in [0.2, 0.25) is 5.91 Å². The number of hydrogen-bond acceptors (Lipinski definition) is 1. The molecule has 24 heavy (non-hydrogen) atoms. The normalized spacial score (nSPS) is 18.3. The van der Waals surface area contributed by atoms with Crippen molar-refractivity contribution in [1.82, 2.24) is 9.88 Å². The number of fused-ring (bicyclic) bond motifs is 1. The van der Waals surface area contributed by atoms with E-state index in [9.17, 15) is 4.79 Å². The zero-order valence-electron chi connectivity index (χ0n) is 14.0. The van der Waals surface area contributed by atoms with Crippen LogP contribution < -0.4 is 0 Å². The van der Waals surface area contributed by atoms with Gasteiger partial charge in [-0.15, -0.1) is 0 Å². The van der Waals surface area contributed by atoms with E-state index in [0.717, 1.165) is 18.4 Å². The zero-order chi connectivity index (χ0) is 16.5. The largest absolute Gasteiger partial charge is 0.361 e. The summed E-state index contributed by atoms with van der Waals surface area (Å²) < 4.78 is 0. The second-order valence-corrected chi connectivity index (χ2v) is 6.71. The molecule has 4 rings (SSSR count). The molecular weight excluding hydrogens is 296 g/mol. The minimum atomic E-state index is 0.155. The molecule has 2 heterocycles. The Kier molecular flexibility index (Phi) is 3.85. The van der Waals surface area contributed by atoms with Gasteiger partial charge < -0.3 is 9.88 Å². The lowest BCUT2D eigenvalue weighted by Gasteiger charge is -2.36. The van der Waals surface area contributed by atoms with Crippen molar-refractivity contribution in [2.24, 2.45) is 0 Å². The lowest BCUT2D eigenvalue weighted by molar-refractivity contribution is -0.137. The third kappa shape index (κ3) is 2.71. The van der Waals surface area contributed by atoms with E-state index < -0.39 is 0 Å². The molecule has 3 heteroatoms. The van der Waals surface area contributed by atoms with Crippen molar-refractivity contribution in [3.05, 3.63) is 71.4 Å². The number of nitrogens with one attached hydrogen (secondary N) is 1. The maximum Gasteiger partial charge on any atom is 0.223 e. The number of aromatic nitrogens is 1. The van der Waals surface area contributed by atoms with Gasteiger partial charge in [-0.3, -0.25) is 4.79 Å². The summed E-state index contributed by atoms with van der Waals surface area (Å²) in [4.78, 5) is 18.1. The summed E-state index contributed by atoms with van der Waals surface area (Å²) in [5, 5.41) is 1.23. The molecule has 1 saturated heterocycles. The molecule has 1 aliphatic rings. The Hall–Kier alpha value is -2.55. The average molecular weight is 318 g/mol. The van der Waals surface area contributed by atoms with Crippen LogP contribution in [0.3, 0.4) is 0 Å². The van der Waals surface area contributed by atoms with E-state index in [1.165, 1.54) is 22.1 Å². The molecule has 3 aromatic rings. The highest BCUT2D eigenvalue weighted by Crippen LogP contribution is 2.36.